The minimum atomic E-state index is -1.07. The Hall–Kier alpha value is -2.80. The maximum absolute atomic E-state index is 12.5. The van der Waals surface area contributed by atoms with Gasteiger partial charge in [0.2, 0.25) is 0 Å². The lowest BCUT2D eigenvalue weighted by Gasteiger charge is -2.28. The van der Waals surface area contributed by atoms with Gasteiger partial charge in [0.05, 0.1) is 0 Å². The van der Waals surface area contributed by atoms with Gasteiger partial charge in [0, 0.05) is 41.6 Å². The summed E-state index contributed by atoms with van der Waals surface area (Å²) in [6.07, 6.45) is 1.50. The minimum absolute atomic E-state index is 0.179. The summed E-state index contributed by atoms with van der Waals surface area (Å²) < 4.78 is 8.49. The molecule has 0 aliphatic heterocycles. The Balaban J connectivity index is 1.91. The van der Waals surface area contributed by atoms with Gasteiger partial charge in [0.25, 0.3) is 0 Å². The zero-order valence-corrected chi connectivity index (χ0v) is 19.7. The Morgan fingerprint density at radius 1 is 1.13 bits per heavy atom. The van der Waals surface area contributed by atoms with E-state index < -0.39 is 23.7 Å². The van der Waals surface area contributed by atoms with Crippen LogP contribution in [-0.2, 0) is 22.5 Å². The average molecular weight is 487 g/mol. The van der Waals surface area contributed by atoms with Gasteiger partial charge in [-0.25, -0.2) is 9.59 Å². The molecule has 31 heavy (non-hydrogen) atoms. The van der Waals surface area contributed by atoms with E-state index >= 15 is 0 Å². The van der Waals surface area contributed by atoms with Crippen molar-refractivity contribution in [1.82, 2.24) is 9.47 Å². The van der Waals surface area contributed by atoms with Crippen LogP contribution in [0.15, 0.2) is 59.2 Å². The first-order valence-electron chi connectivity index (χ1n) is 10.0. The van der Waals surface area contributed by atoms with Crippen LogP contribution in [0.25, 0.3) is 10.9 Å². The zero-order chi connectivity index (χ0) is 22.8. The molecule has 3 aromatic rings. The van der Waals surface area contributed by atoms with Gasteiger partial charge in [-0.05, 0) is 50.1 Å². The van der Waals surface area contributed by atoms with Crippen molar-refractivity contribution < 1.29 is 19.4 Å². The highest BCUT2D eigenvalue weighted by Crippen LogP contribution is 2.25. The van der Waals surface area contributed by atoms with E-state index in [-0.39, 0.29) is 6.42 Å². The number of carbonyl (C=O) groups is 2. The number of hydrogen-bond donors (Lipinski definition) is 1. The molecule has 3 rings (SSSR count). The number of rotatable bonds is 6. The van der Waals surface area contributed by atoms with Crippen LogP contribution in [0, 0.1) is 0 Å². The summed E-state index contributed by atoms with van der Waals surface area (Å²) in [6.45, 7) is 5.92. The number of amides is 1. The van der Waals surface area contributed by atoms with Crippen LogP contribution in [0.2, 0.25) is 0 Å². The molecule has 0 radical (unpaired) electrons. The number of ether oxygens (including phenoxy) is 1. The van der Waals surface area contributed by atoms with Crippen molar-refractivity contribution in [3.05, 3.63) is 70.3 Å². The first-order valence-corrected chi connectivity index (χ1v) is 10.8. The van der Waals surface area contributed by atoms with Crippen LogP contribution >= 0.6 is 15.9 Å². The summed E-state index contributed by atoms with van der Waals surface area (Å²) in [5, 5.41) is 10.8. The topological polar surface area (TPSA) is 71.8 Å². The van der Waals surface area contributed by atoms with Gasteiger partial charge in [0.15, 0.2) is 0 Å². The van der Waals surface area contributed by atoms with Gasteiger partial charge >= 0.3 is 12.1 Å². The Morgan fingerprint density at radius 3 is 2.39 bits per heavy atom. The number of carboxylic acid groups (broad SMARTS) is 1. The number of para-hydroxylation sites is 1. The molecule has 1 N–H and O–H groups in total. The SMILES string of the molecule is CN(C(=O)OC(C)(C)C)[C@@H](Cc1cn(Cc2ccc(Br)cc2)c2ccccc12)C(=O)O. The minimum Gasteiger partial charge on any atom is -0.480 e. The maximum atomic E-state index is 12.5. The van der Waals surface area contributed by atoms with Crippen LogP contribution in [0.3, 0.4) is 0 Å². The fourth-order valence-corrected chi connectivity index (χ4v) is 3.73. The van der Waals surface area contributed by atoms with E-state index in [9.17, 15) is 14.7 Å². The molecule has 0 aliphatic rings. The number of aromatic nitrogens is 1. The number of likely N-dealkylation sites (N-methyl/N-ethyl adjacent to an activating group) is 1. The normalized spacial score (nSPS) is 12.5. The van der Waals surface area contributed by atoms with Gasteiger partial charge in [-0.2, -0.15) is 0 Å². The summed E-state index contributed by atoms with van der Waals surface area (Å²) in [4.78, 5) is 25.6. The van der Waals surface area contributed by atoms with Crippen molar-refractivity contribution in [2.75, 3.05) is 7.05 Å². The smallest absolute Gasteiger partial charge is 0.410 e. The number of halogens is 1. The lowest BCUT2D eigenvalue weighted by atomic mass is 10.0. The molecule has 2 aromatic carbocycles. The number of nitrogens with zero attached hydrogens (tertiary/aromatic N) is 2. The summed E-state index contributed by atoms with van der Waals surface area (Å²) in [5.41, 5.74) is 2.32. The maximum Gasteiger partial charge on any atom is 0.410 e. The molecule has 0 aliphatic carbocycles. The summed E-state index contributed by atoms with van der Waals surface area (Å²) >= 11 is 3.45. The second-order valence-electron chi connectivity index (χ2n) is 8.58. The van der Waals surface area contributed by atoms with E-state index in [1.807, 2.05) is 42.6 Å². The Labute approximate surface area is 190 Å². The Kier molecular flexibility index (Phi) is 6.74. The van der Waals surface area contributed by atoms with E-state index in [4.69, 9.17) is 4.74 Å². The molecule has 0 spiro atoms. The van der Waals surface area contributed by atoms with Gasteiger partial charge in [-0.3, -0.25) is 4.90 Å². The molecule has 0 fully saturated rings. The predicted octanol–water partition coefficient (Wildman–Crippen LogP) is 5.31. The lowest BCUT2D eigenvalue weighted by Crippen LogP contribution is -2.46. The highest BCUT2D eigenvalue weighted by Gasteiger charge is 2.31. The van der Waals surface area contributed by atoms with Crippen molar-refractivity contribution >= 4 is 38.9 Å². The van der Waals surface area contributed by atoms with Gasteiger partial charge in [0.1, 0.15) is 11.6 Å². The largest absolute Gasteiger partial charge is 0.480 e. The highest BCUT2D eigenvalue weighted by atomic mass is 79.9. The zero-order valence-electron chi connectivity index (χ0n) is 18.1. The number of benzene rings is 2. The van der Waals surface area contributed by atoms with Crippen molar-refractivity contribution in [3.63, 3.8) is 0 Å². The van der Waals surface area contributed by atoms with E-state index in [0.717, 1.165) is 31.4 Å². The van der Waals surface area contributed by atoms with Crippen LogP contribution in [0.1, 0.15) is 31.9 Å². The molecular formula is C24H27BrN2O4. The van der Waals surface area contributed by atoms with Crippen LogP contribution in [0.4, 0.5) is 4.79 Å². The molecule has 0 saturated heterocycles. The molecule has 6 nitrogen and oxygen atoms in total. The standard InChI is InChI=1S/C24H27BrN2O4/c1-24(2,3)31-23(30)26(4)21(22(28)29)13-17-15-27(20-8-6-5-7-19(17)20)14-16-9-11-18(25)12-10-16/h5-12,15,21H,13-14H2,1-4H3,(H,28,29)/t21-/m0/s1. The Bertz CT molecular complexity index is 1080. The molecule has 1 heterocycles. The quantitative estimate of drug-likeness (QED) is 0.511. The molecule has 1 aromatic heterocycles. The summed E-state index contributed by atoms with van der Waals surface area (Å²) in [7, 11) is 1.47. The fourth-order valence-electron chi connectivity index (χ4n) is 3.46. The third-order valence-corrected chi connectivity index (χ3v) is 5.51. The van der Waals surface area contributed by atoms with Crippen molar-refractivity contribution in [2.45, 2.75) is 45.4 Å². The average Bonchev–Trinajstić information content (AvgIpc) is 3.03. The van der Waals surface area contributed by atoms with Gasteiger partial charge in [-0.15, -0.1) is 0 Å². The molecule has 1 atom stereocenters. The number of aliphatic carboxylic acids is 1. The highest BCUT2D eigenvalue weighted by molar-refractivity contribution is 9.10. The second-order valence-corrected chi connectivity index (χ2v) is 9.49. The monoisotopic (exact) mass is 486 g/mol. The van der Waals surface area contributed by atoms with Crippen LogP contribution in [-0.4, -0.2) is 45.3 Å². The van der Waals surface area contributed by atoms with Crippen molar-refractivity contribution in [2.24, 2.45) is 0 Å². The molecule has 0 unspecified atom stereocenters. The summed E-state index contributed by atoms with van der Waals surface area (Å²) in [5.74, 6) is -1.07. The number of carbonyl (C=O) groups excluding carboxylic acids is 1. The molecule has 164 valence electrons. The van der Waals surface area contributed by atoms with E-state index in [1.165, 1.54) is 7.05 Å². The number of fused-ring (bicyclic) bond motifs is 1. The van der Waals surface area contributed by atoms with E-state index in [0.29, 0.717) is 6.54 Å². The number of carboxylic acids is 1. The third kappa shape index (κ3) is 5.67. The predicted molar refractivity (Wildman–Crippen MR) is 124 cm³/mol. The van der Waals surface area contributed by atoms with E-state index in [1.54, 1.807) is 20.8 Å². The first kappa shape index (κ1) is 22.9. The third-order valence-electron chi connectivity index (χ3n) is 4.98. The van der Waals surface area contributed by atoms with Crippen LogP contribution in [0.5, 0.6) is 0 Å². The van der Waals surface area contributed by atoms with Crippen molar-refractivity contribution in [1.29, 1.82) is 0 Å². The Morgan fingerprint density at radius 2 is 1.77 bits per heavy atom. The lowest BCUT2D eigenvalue weighted by molar-refractivity contribution is -0.142. The molecule has 0 saturated carbocycles. The molecule has 1 amide bonds. The van der Waals surface area contributed by atoms with Crippen LogP contribution < -0.4 is 0 Å². The number of hydrogen-bond acceptors (Lipinski definition) is 3. The van der Waals surface area contributed by atoms with E-state index in [2.05, 4.69) is 32.6 Å². The molecule has 7 heteroatoms. The van der Waals surface area contributed by atoms with Gasteiger partial charge < -0.3 is 14.4 Å². The summed E-state index contributed by atoms with van der Waals surface area (Å²) in [6, 6.07) is 15.0. The second kappa shape index (κ2) is 9.14. The first-order chi connectivity index (χ1) is 14.5. The molecule has 0 bridgehead atoms. The fraction of sp³-hybridized carbons (Fsp3) is 0.333. The molecular weight excluding hydrogens is 460 g/mol. The van der Waals surface area contributed by atoms with Gasteiger partial charge in [-0.1, -0.05) is 46.3 Å². The van der Waals surface area contributed by atoms with Crippen molar-refractivity contribution in [3.8, 4) is 0 Å².